The molecule has 27 heavy (non-hydrogen) atoms. The molecule has 2 saturated heterocycles. The zero-order chi connectivity index (χ0) is 19.5. The number of hydrogen-bond donors (Lipinski definition) is 2. The number of imide groups is 1. The van der Waals surface area contributed by atoms with Gasteiger partial charge in [-0.3, -0.25) is 24.6 Å². The van der Waals surface area contributed by atoms with Crippen LogP contribution in [0, 0.1) is 17.8 Å². The number of carbonyl (C=O) groups excluding carboxylic acids is 3. The van der Waals surface area contributed by atoms with Gasteiger partial charge in [-0.25, -0.2) is 0 Å². The Kier molecular flexibility index (Phi) is 4.16. The quantitative estimate of drug-likeness (QED) is 0.613. The molecule has 4 rings (SSSR count). The lowest BCUT2D eigenvalue weighted by Crippen LogP contribution is -2.53. The van der Waals surface area contributed by atoms with Gasteiger partial charge in [-0.1, -0.05) is 43.7 Å². The summed E-state index contributed by atoms with van der Waals surface area (Å²) in [6, 6.07) is 4.99. The normalized spacial score (nSPS) is 31.6. The summed E-state index contributed by atoms with van der Waals surface area (Å²) in [5.74, 6) is -1.94. The molecule has 7 heteroatoms. The number of nitrogens with one attached hydrogen (secondary N) is 2. The van der Waals surface area contributed by atoms with E-state index in [0.717, 1.165) is 0 Å². The second-order valence-electron chi connectivity index (χ2n) is 7.88. The predicted octanol–water partition coefficient (Wildman–Crippen LogP) is 2.29. The number of para-hydroxylation sites is 1. The maximum atomic E-state index is 13.2. The molecule has 4 atom stereocenters. The highest BCUT2D eigenvalue weighted by molar-refractivity contribution is 6.35. The fourth-order valence-corrected chi connectivity index (χ4v) is 5.09. The van der Waals surface area contributed by atoms with Crippen LogP contribution in [0.15, 0.2) is 30.9 Å². The fraction of sp³-hybridized carbons (Fsp3) is 0.450. The van der Waals surface area contributed by atoms with Gasteiger partial charge in [-0.15, -0.1) is 6.58 Å². The highest BCUT2D eigenvalue weighted by atomic mass is 35.5. The molecule has 0 saturated carbocycles. The van der Waals surface area contributed by atoms with Crippen LogP contribution in [0.3, 0.4) is 0 Å². The Morgan fingerprint density at radius 3 is 2.70 bits per heavy atom. The maximum absolute atomic E-state index is 13.2. The fourth-order valence-electron chi connectivity index (χ4n) is 4.87. The number of fused-ring (bicyclic) bond motifs is 4. The molecule has 3 aliphatic heterocycles. The van der Waals surface area contributed by atoms with E-state index in [-0.39, 0.29) is 30.3 Å². The van der Waals surface area contributed by atoms with E-state index >= 15 is 0 Å². The van der Waals surface area contributed by atoms with Crippen LogP contribution in [0.25, 0.3) is 0 Å². The summed E-state index contributed by atoms with van der Waals surface area (Å²) < 4.78 is 0. The molecule has 0 aromatic heterocycles. The number of likely N-dealkylation sites (tertiary alicyclic amines) is 1. The molecule has 2 N–H and O–H groups in total. The van der Waals surface area contributed by atoms with E-state index in [1.54, 1.807) is 18.2 Å². The van der Waals surface area contributed by atoms with Crippen molar-refractivity contribution in [3.8, 4) is 0 Å². The Hall–Kier alpha value is -2.18. The predicted molar refractivity (Wildman–Crippen MR) is 102 cm³/mol. The van der Waals surface area contributed by atoms with Crippen LogP contribution >= 0.6 is 11.6 Å². The van der Waals surface area contributed by atoms with Gasteiger partial charge < -0.3 is 5.32 Å². The van der Waals surface area contributed by atoms with Crippen LogP contribution in [-0.4, -0.2) is 35.2 Å². The number of halogens is 1. The molecular weight excluding hydrogens is 366 g/mol. The van der Waals surface area contributed by atoms with Crippen molar-refractivity contribution in [1.82, 2.24) is 10.2 Å². The molecule has 1 aromatic carbocycles. The zero-order valence-corrected chi connectivity index (χ0v) is 16.0. The number of benzene rings is 1. The van der Waals surface area contributed by atoms with E-state index < -0.39 is 17.4 Å². The molecule has 3 amide bonds. The van der Waals surface area contributed by atoms with Gasteiger partial charge in [0.05, 0.1) is 22.5 Å². The number of amides is 3. The third-order valence-corrected chi connectivity index (χ3v) is 6.14. The summed E-state index contributed by atoms with van der Waals surface area (Å²) in [5, 5.41) is 6.64. The summed E-state index contributed by atoms with van der Waals surface area (Å²) in [4.78, 5) is 40.7. The van der Waals surface area contributed by atoms with Gasteiger partial charge in [0.25, 0.3) is 0 Å². The van der Waals surface area contributed by atoms with Crippen LogP contribution in [0.4, 0.5) is 5.69 Å². The second-order valence-corrected chi connectivity index (χ2v) is 8.29. The molecule has 1 aromatic rings. The van der Waals surface area contributed by atoms with Gasteiger partial charge in [0.15, 0.2) is 0 Å². The van der Waals surface area contributed by atoms with E-state index in [9.17, 15) is 14.4 Å². The molecule has 0 aliphatic carbocycles. The molecular formula is C20H22ClN3O3. The maximum Gasteiger partial charge on any atom is 0.250 e. The van der Waals surface area contributed by atoms with Crippen LogP contribution in [0.1, 0.15) is 25.8 Å². The summed E-state index contributed by atoms with van der Waals surface area (Å²) in [6.07, 6.45) is 2.22. The molecule has 142 valence electrons. The average molecular weight is 388 g/mol. The van der Waals surface area contributed by atoms with Crippen molar-refractivity contribution >= 4 is 35.0 Å². The first kappa shape index (κ1) is 18.2. The monoisotopic (exact) mass is 387 g/mol. The third kappa shape index (κ3) is 2.33. The highest BCUT2D eigenvalue weighted by Gasteiger charge is 2.70. The molecule has 2 fully saturated rings. The lowest BCUT2D eigenvalue weighted by Gasteiger charge is -2.29. The number of carbonyl (C=O) groups is 3. The molecule has 0 bridgehead atoms. The molecule has 3 aliphatic rings. The van der Waals surface area contributed by atoms with E-state index in [4.69, 9.17) is 11.6 Å². The number of hydrogen-bond acceptors (Lipinski definition) is 4. The van der Waals surface area contributed by atoms with E-state index in [1.165, 1.54) is 11.0 Å². The van der Waals surface area contributed by atoms with Gasteiger partial charge in [0, 0.05) is 18.2 Å². The topological polar surface area (TPSA) is 78.5 Å². The summed E-state index contributed by atoms with van der Waals surface area (Å²) in [5.41, 5.74) is -0.112. The van der Waals surface area contributed by atoms with E-state index in [1.807, 2.05) is 0 Å². The van der Waals surface area contributed by atoms with Crippen molar-refractivity contribution in [3.63, 3.8) is 0 Å². The van der Waals surface area contributed by atoms with Crippen molar-refractivity contribution in [1.29, 1.82) is 0 Å². The lowest BCUT2D eigenvalue weighted by atomic mass is 9.76. The Labute approximate surface area is 162 Å². The van der Waals surface area contributed by atoms with Crippen LogP contribution in [0.2, 0.25) is 5.02 Å². The number of nitrogens with zero attached hydrogens (tertiary/aromatic N) is 1. The average Bonchev–Trinajstić information content (AvgIpc) is 3.17. The van der Waals surface area contributed by atoms with E-state index in [0.29, 0.717) is 28.6 Å². The Morgan fingerprint density at radius 2 is 2.04 bits per heavy atom. The molecule has 4 unspecified atom stereocenters. The van der Waals surface area contributed by atoms with Gasteiger partial charge in [-0.05, 0) is 18.4 Å². The van der Waals surface area contributed by atoms with Gasteiger partial charge in [-0.2, -0.15) is 0 Å². The Bertz CT molecular complexity index is 868. The Morgan fingerprint density at radius 1 is 1.30 bits per heavy atom. The zero-order valence-electron chi connectivity index (χ0n) is 15.3. The number of rotatable bonds is 4. The van der Waals surface area contributed by atoms with Gasteiger partial charge in [0.1, 0.15) is 5.54 Å². The van der Waals surface area contributed by atoms with Gasteiger partial charge in [0.2, 0.25) is 17.7 Å². The molecule has 1 spiro atoms. The second kappa shape index (κ2) is 6.17. The highest BCUT2D eigenvalue weighted by Crippen LogP contribution is 2.54. The first-order chi connectivity index (χ1) is 12.8. The van der Waals surface area contributed by atoms with Crippen LogP contribution in [0.5, 0.6) is 0 Å². The third-order valence-electron chi connectivity index (χ3n) is 5.83. The van der Waals surface area contributed by atoms with Crippen LogP contribution < -0.4 is 10.6 Å². The number of anilines is 1. The summed E-state index contributed by atoms with van der Waals surface area (Å²) in [7, 11) is 0. The van der Waals surface area contributed by atoms with Crippen molar-refractivity contribution in [2.45, 2.75) is 31.8 Å². The summed E-state index contributed by atoms with van der Waals surface area (Å²) in [6.45, 7) is 7.92. The largest absolute Gasteiger partial charge is 0.323 e. The minimum Gasteiger partial charge on any atom is -0.323 e. The van der Waals surface area contributed by atoms with Crippen molar-refractivity contribution in [3.05, 3.63) is 41.4 Å². The molecule has 0 radical (unpaired) electrons. The Balaban J connectivity index is 1.89. The SMILES string of the molecule is C=CCN1C(=O)C2C(CC(C)C)NC3(C(=O)Nc4c(Cl)cccc43)C2C1=O. The van der Waals surface area contributed by atoms with Crippen molar-refractivity contribution in [2.75, 3.05) is 11.9 Å². The lowest BCUT2D eigenvalue weighted by molar-refractivity contribution is -0.142. The molecule has 3 heterocycles. The van der Waals surface area contributed by atoms with Crippen LogP contribution in [-0.2, 0) is 19.9 Å². The molecule has 6 nitrogen and oxygen atoms in total. The van der Waals surface area contributed by atoms with Crippen molar-refractivity contribution in [2.24, 2.45) is 17.8 Å². The van der Waals surface area contributed by atoms with Gasteiger partial charge >= 0.3 is 0 Å². The minimum atomic E-state index is -1.27. The van der Waals surface area contributed by atoms with E-state index in [2.05, 4.69) is 31.1 Å². The first-order valence-corrected chi connectivity index (χ1v) is 9.55. The smallest absolute Gasteiger partial charge is 0.250 e. The summed E-state index contributed by atoms with van der Waals surface area (Å²) >= 11 is 6.29. The van der Waals surface area contributed by atoms with Crippen molar-refractivity contribution < 1.29 is 14.4 Å². The standard InChI is InChI=1S/C20H22ClN3O3/c1-4-8-24-17(25)14-13(9-10(2)3)23-20(15(14)18(24)26)11-6-5-7-12(21)16(11)22-19(20)27/h4-7,10,13-15,23H,1,8-9H2,2-3H3,(H,22,27). The minimum absolute atomic E-state index is 0.152. The first-order valence-electron chi connectivity index (χ1n) is 9.17.